The van der Waals surface area contributed by atoms with Crippen LogP contribution in [0.3, 0.4) is 0 Å². The number of carbonyl (C=O) groups excluding carboxylic acids is 1. The third-order valence-corrected chi connectivity index (χ3v) is 2.42. The number of amidine groups is 1. The van der Waals surface area contributed by atoms with Crippen molar-refractivity contribution in [3.05, 3.63) is 54.7 Å². The van der Waals surface area contributed by atoms with Gasteiger partial charge in [0.05, 0.1) is 12.3 Å². The third-order valence-electron chi connectivity index (χ3n) is 2.42. The first-order chi connectivity index (χ1) is 10.8. The molecule has 0 unspecified atom stereocenters. The van der Waals surface area contributed by atoms with Crippen molar-refractivity contribution in [2.24, 2.45) is 15.3 Å². The SMILES string of the molecule is CCOC(=O)C(N=Nc1ccccn1)=NNc1ccccc1. The molecule has 1 heterocycles. The van der Waals surface area contributed by atoms with E-state index in [4.69, 9.17) is 4.74 Å². The quantitative estimate of drug-likeness (QED) is 0.309. The van der Waals surface area contributed by atoms with E-state index < -0.39 is 5.97 Å². The van der Waals surface area contributed by atoms with Crippen molar-refractivity contribution in [2.75, 3.05) is 12.0 Å². The number of esters is 1. The number of aromatic nitrogens is 1. The standard InChI is InChI=1S/C15H15N5O2/c1-2-22-15(21)14(19-17-12-8-4-3-5-9-12)20-18-13-10-6-7-11-16-13/h3-11,17H,2H2,1H3. The summed E-state index contributed by atoms with van der Waals surface area (Å²) in [6.45, 7) is 1.93. The summed E-state index contributed by atoms with van der Waals surface area (Å²) in [5.41, 5.74) is 3.45. The highest BCUT2D eigenvalue weighted by Gasteiger charge is 2.12. The summed E-state index contributed by atoms with van der Waals surface area (Å²) in [7, 11) is 0. The molecule has 7 heteroatoms. The predicted molar refractivity (Wildman–Crippen MR) is 82.9 cm³/mol. The summed E-state index contributed by atoms with van der Waals surface area (Å²) >= 11 is 0. The molecule has 0 aliphatic heterocycles. The lowest BCUT2D eigenvalue weighted by molar-refractivity contribution is -0.135. The average molecular weight is 297 g/mol. The number of hydrogen-bond donors (Lipinski definition) is 1. The summed E-state index contributed by atoms with van der Waals surface area (Å²) in [5.74, 6) is -0.471. The van der Waals surface area contributed by atoms with Crippen molar-refractivity contribution in [1.82, 2.24) is 4.98 Å². The van der Waals surface area contributed by atoms with Crippen LogP contribution in [-0.2, 0) is 9.53 Å². The number of nitrogens with zero attached hydrogens (tertiary/aromatic N) is 4. The fraction of sp³-hybridized carbons (Fsp3) is 0.133. The van der Waals surface area contributed by atoms with Crippen molar-refractivity contribution in [3.63, 3.8) is 0 Å². The Morgan fingerprint density at radius 2 is 1.95 bits per heavy atom. The molecule has 0 fully saturated rings. The van der Waals surface area contributed by atoms with Crippen LogP contribution in [0.25, 0.3) is 0 Å². The number of pyridine rings is 1. The van der Waals surface area contributed by atoms with Crippen LogP contribution in [0.4, 0.5) is 11.5 Å². The largest absolute Gasteiger partial charge is 0.460 e. The third kappa shape index (κ3) is 4.78. The van der Waals surface area contributed by atoms with Crippen LogP contribution in [0, 0.1) is 0 Å². The van der Waals surface area contributed by atoms with Crippen molar-refractivity contribution >= 4 is 23.3 Å². The second kappa shape index (κ2) is 8.25. The van der Waals surface area contributed by atoms with E-state index in [1.54, 1.807) is 31.3 Å². The van der Waals surface area contributed by atoms with Gasteiger partial charge in [0.1, 0.15) is 0 Å². The molecule has 0 saturated heterocycles. The minimum absolute atomic E-state index is 0.184. The summed E-state index contributed by atoms with van der Waals surface area (Å²) in [6.07, 6.45) is 1.58. The molecule has 0 aliphatic carbocycles. The van der Waals surface area contributed by atoms with Crippen LogP contribution < -0.4 is 5.43 Å². The summed E-state index contributed by atoms with van der Waals surface area (Å²) in [5, 5.41) is 11.6. The van der Waals surface area contributed by atoms with Crippen molar-refractivity contribution in [2.45, 2.75) is 6.92 Å². The first kappa shape index (κ1) is 15.3. The highest BCUT2D eigenvalue weighted by Crippen LogP contribution is 2.08. The first-order valence-corrected chi connectivity index (χ1v) is 6.68. The van der Waals surface area contributed by atoms with Crippen LogP contribution in [0.5, 0.6) is 0 Å². The smallest absolute Gasteiger partial charge is 0.380 e. The Morgan fingerprint density at radius 1 is 1.18 bits per heavy atom. The topological polar surface area (TPSA) is 88.3 Å². The zero-order valence-electron chi connectivity index (χ0n) is 12.0. The Bertz CT molecular complexity index is 656. The molecule has 1 aromatic carbocycles. The minimum Gasteiger partial charge on any atom is -0.460 e. The Hall–Kier alpha value is -3.09. The van der Waals surface area contributed by atoms with Crippen LogP contribution in [0.15, 0.2) is 70.1 Å². The molecule has 2 aromatic rings. The highest BCUT2D eigenvalue weighted by atomic mass is 16.5. The first-order valence-electron chi connectivity index (χ1n) is 6.68. The fourth-order valence-electron chi connectivity index (χ4n) is 1.45. The fourth-order valence-corrected chi connectivity index (χ4v) is 1.45. The van der Waals surface area contributed by atoms with Crippen molar-refractivity contribution in [3.8, 4) is 0 Å². The van der Waals surface area contributed by atoms with Gasteiger partial charge in [-0.25, -0.2) is 9.78 Å². The van der Waals surface area contributed by atoms with E-state index in [0.717, 1.165) is 5.69 Å². The summed E-state index contributed by atoms with van der Waals surface area (Å²) in [4.78, 5) is 15.8. The van der Waals surface area contributed by atoms with Crippen LogP contribution in [0.2, 0.25) is 0 Å². The number of hydrazone groups is 1. The van der Waals surface area contributed by atoms with E-state index in [0.29, 0.717) is 5.82 Å². The zero-order chi connectivity index (χ0) is 15.6. The lowest BCUT2D eigenvalue weighted by Gasteiger charge is -2.02. The van der Waals surface area contributed by atoms with E-state index in [1.807, 2.05) is 30.3 Å². The van der Waals surface area contributed by atoms with E-state index in [9.17, 15) is 4.79 Å². The number of hydrogen-bond acceptors (Lipinski definition) is 6. The van der Waals surface area contributed by atoms with E-state index >= 15 is 0 Å². The maximum absolute atomic E-state index is 11.8. The van der Waals surface area contributed by atoms with Gasteiger partial charge in [-0.1, -0.05) is 24.3 Å². The molecule has 0 spiro atoms. The molecule has 22 heavy (non-hydrogen) atoms. The molecule has 0 aliphatic rings. The molecular weight excluding hydrogens is 282 g/mol. The molecule has 0 radical (unpaired) electrons. The number of para-hydroxylation sites is 1. The molecular formula is C15H15N5O2. The molecule has 0 bridgehead atoms. The van der Waals surface area contributed by atoms with E-state index in [-0.39, 0.29) is 12.4 Å². The van der Waals surface area contributed by atoms with Gasteiger partial charge in [0, 0.05) is 6.20 Å². The second-order valence-electron chi connectivity index (χ2n) is 4.02. The van der Waals surface area contributed by atoms with Gasteiger partial charge >= 0.3 is 5.97 Å². The van der Waals surface area contributed by atoms with E-state index in [2.05, 4.69) is 25.7 Å². The lowest BCUT2D eigenvalue weighted by atomic mass is 10.3. The van der Waals surface area contributed by atoms with Gasteiger partial charge in [0.2, 0.25) is 0 Å². The minimum atomic E-state index is -0.661. The number of azo groups is 1. The van der Waals surface area contributed by atoms with Crippen LogP contribution in [-0.4, -0.2) is 23.4 Å². The molecule has 7 nitrogen and oxygen atoms in total. The van der Waals surface area contributed by atoms with Crippen LogP contribution >= 0.6 is 0 Å². The van der Waals surface area contributed by atoms with Crippen molar-refractivity contribution in [1.29, 1.82) is 0 Å². The zero-order valence-corrected chi connectivity index (χ0v) is 12.0. The second-order valence-corrected chi connectivity index (χ2v) is 4.02. The highest BCUT2D eigenvalue weighted by molar-refractivity contribution is 6.35. The van der Waals surface area contributed by atoms with Gasteiger partial charge in [0.25, 0.3) is 5.84 Å². The lowest BCUT2D eigenvalue weighted by Crippen LogP contribution is -2.16. The maximum Gasteiger partial charge on any atom is 0.380 e. The van der Waals surface area contributed by atoms with Gasteiger partial charge in [0.15, 0.2) is 5.82 Å². The van der Waals surface area contributed by atoms with Gasteiger partial charge in [-0.05, 0) is 31.2 Å². The van der Waals surface area contributed by atoms with Gasteiger partial charge in [-0.3, -0.25) is 5.43 Å². The molecule has 0 atom stereocenters. The Morgan fingerprint density at radius 3 is 2.64 bits per heavy atom. The summed E-state index contributed by atoms with van der Waals surface area (Å²) < 4.78 is 4.90. The summed E-state index contributed by atoms with van der Waals surface area (Å²) in [6, 6.07) is 14.4. The number of carbonyl (C=O) groups is 1. The molecule has 0 saturated carbocycles. The maximum atomic E-state index is 11.8. The number of ether oxygens (including phenoxy) is 1. The number of benzene rings is 1. The Kier molecular flexibility index (Phi) is 5.74. The van der Waals surface area contributed by atoms with Gasteiger partial charge < -0.3 is 4.74 Å². The Balaban J connectivity index is 2.15. The predicted octanol–water partition coefficient (Wildman–Crippen LogP) is 3.15. The molecule has 1 aromatic heterocycles. The molecule has 0 amide bonds. The van der Waals surface area contributed by atoms with Crippen molar-refractivity contribution < 1.29 is 9.53 Å². The molecule has 1 N–H and O–H groups in total. The average Bonchev–Trinajstić information content (AvgIpc) is 2.57. The van der Waals surface area contributed by atoms with Gasteiger partial charge in [-0.15, -0.1) is 15.3 Å². The van der Waals surface area contributed by atoms with Crippen LogP contribution in [0.1, 0.15) is 6.92 Å². The normalized spacial score (nSPS) is 11.4. The Labute approximate surface area is 127 Å². The molecule has 112 valence electrons. The number of rotatable bonds is 4. The van der Waals surface area contributed by atoms with E-state index in [1.165, 1.54) is 0 Å². The molecule has 2 rings (SSSR count). The number of nitrogens with one attached hydrogen (secondary N) is 1. The monoisotopic (exact) mass is 297 g/mol. The number of anilines is 1. The van der Waals surface area contributed by atoms with Gasteiger partial charge in [-0.2, -0.15) is 0 Å².